The number of nitrogens with two attached hydrogens (primary N) is 1. The van der Waals surface area contributed by atoms with E-state index in [0.717, 1.165) is 11.1 Å². The maximum absolute atomic E-state index is 12.9. The average molecular weight is 377 g/mol. The van der Waals surface area contributed by atoms with Gasteiger partial charge in [-0.3, -0.25) is 9.59 Å². The summed E-state index contributed by atoms with van der Waals surface area (Å²) >= 11 is 0. The first-order valence-corrected chi connectivity index (χ1v) is 9.14. The molecule has 0 aliphatic heterocycles. The van der Waals surface area contributed by atoms with Crippen LogP contribution < -0.4 is 5.73 Å². The monoisotopic (exact) mass is 377 g/mol. The minimum Gasteiger partial charge on any atom is -0.441 e. The smallest absolute Gasteiger partial charge is 0.229 e. The number of aromatic nitrogens is 1. The number of carbonyl (C=O) groups is 2. The van der Waals surface area contributed by atoms with Gasteiger partial charge in [0.05, 0.1) is 12.1 Å². The zero-order valence-electron chi connectivity index (χ0n) is 15.8. The molecule has 0 saturated heterocycles. The molecule has 144 valence electrons. The summed E-state index contributed by atoms with van der Waals surface area (Å²) in [6.07, 6.45) is 0.222. The number of rotatable bonds is 8. The minimum absolute atomic E-state index is 0.105. The second kappa shape index (κ2) is 8.99. The molecule has 0 radical (unpaired) electrons. The van der Waals surface area contributed by atoms with Gasteiger partial charge in [0, 0.05) is 25.1 Å². The Morgan fingerprint density at radius 3 is 2.32 bits per heavy atom. The fourth-order valence-corrected chi connectivity index (χ4v) is 2.89. The lowest BCUT2D eigenvalue weighted by Crippen LogP contribution is -2.34. The van der Waals surface area contributed by atoms with E-state index >= 15 is 0 Å². The Labute approximate surface area is 164 Å². The zero-order chi connectivity index (χ0) is 19.9. The standard InChI is InChI=1S/C22H23N3O3/c1-16-19(24-22(28-16)18-10-6-3-7-11-18)14-21(27)25(13-12-20(23)26)15-17-8-4-2-5-9-17/h2-11H,12-15H2,1H3,(H2,23,26). The Morgan fingerprint density at radius 2 is 1.68 bits per heavy atom. The van der Waals surface area contributed by atoms with Gasteiger partial charge in [0.1, 0.15) is 5.76 Å². The summed E-state index contributed by atoms with van der Waals surface area (Å²) in [6.45, 7) is 2.48. The normalized spacial score (nSPS) is 10.6. The number of hydrogen-bond acceptors (Lipinski definition) is 4. The molecule has 1 heterocycles. The molecule has 0 atom stereocenters. The molecule has 0 fully saturated rings. The van der Waals surface area contributed by atoms with E-state index in [1.807, 2.05) is 60.7 Å². The van der Waals surface area contributed by atoms with Crippen molar-refractivity contribution in [2.75, 3.05) is 6.54 Å². The van der Waals surface area contributed by atoms with Crippen LogP contribution >= 0.6 is 0 Å². The van der Waals surface area contributed by atoms with Crippen molar-refractivity contribution in [3.63, 3.8) is 0 Å². The van der Waals surface area contributed by atoms with Gasteiger partial charge in [0.25, 0.3) is 0 Å². The molecule has 2 amide bonds. The van der Waals surface area contributed by atoms with Gasteiger partial charge in [-0.2, -0.15) is 0 Å². The molecule has 2 N–H and O–H groups in total. The number of nitrogens with zero attached hydrogens (tertiary/aromatic N) is 2. The summed E-state index contributed by atoms with van der Waals surface area (Å²) in [4.78, 5) is 30.3. The van der Waals surface area contributed by atoms with Crippen molar-refractivity contribution in [2.45, 2.75) is 26.3 Å². The van der Waals surface area contributed by atoms with Crippen LogP contribution in [-0.2, 0) is 22.6 Å². The van der Waals surface area contributed by atoms with Crippen LogP contribution in [0.1, 0.15) is 23.4 Å². The molecule has 6 heteroatoms. The van der Waals surface area contributed by atoms with Crippen LogP contribution in [0.2, 0.25) is 0 Å². The third-order valence-corrected chi connectivity index (χ3v) is 4.43. The molecule has 0 spiro atoms. The van der Waals surface area contributed by atoms with E-state index in [1.165, 1.54) is 0 Å². The molecule has 3 aromatic rings. The number of primary amides is 1. The molecular formula is C22H23N3O3. The van der Waals surface area contributed by atoms with Gasteiger partial charge in [-0.15, -0.1) is 0 Å². The third-order valence-electron chi connectivity index (χ3n) is 4.43. The van der Waals surface area contributed by atoms with Gasteiger partial charge >= 0.3 is 0 Å². The Bertz CT molecular complexity index is 936. The van der Waals surface area contributed by atoms with E-state index in [-0.39, 0.29) is 25.3 Å². The Kier molecular flexibility index (Phi) is 6.22. The Morgan fingerprint density at radius 1 is 1.04 bits per heavy atom. The summed E-state index contributed by atoms with van der Waals surface area (Å²) in [5.41, 5.74) is 7.72. The molecule has 0 bridgehead atoms. The highest BCUT2D eigenvalue weighted by Gasteiger charge is 2.20. The predicted octanol–water partition coefficient (Wildman–Crippen LogP) is 3.10. The van der Waals surface area contributed by atoms with Crippen LogP contribution in [0.4, 0.5) is 0 Å². The number of oxazole rings is 1. The van der Waals surface area contributed by atoms with Gasteiger partial charge in [0.15, 0.2) is 0 Å². The van der Waals surface area contributed by atoms with Crippen LogP contribution in [0.15, 0.2) is 65.1 Å². The van der Waals surface area contributed by atoms with Crippen molar-refractivity contribution in [2.24, 2.45) is 5.73 Å². The van der Waals surface area contributed by atoms with Gasteiger partial charge in [-0.25, -0.2) is 4.98 Å². The lowest BCUT2D eigenvalue weighted by atomic mass is 10.1. The van der Waals surface area contributed by atoms with Crippen LogP contribution in [0.5, 0.6) is 0 Å². The van der Waals surface area contributed by atoms with Crippen LogP contribution in [-0.4, -0.2) is 28.2 Å². The molecule has 0 unspecified atom stereocenters. The number of amides is 2. The molecular weight excluding hydrogens is 354 g/mol. The molecule has 2 aromatic carbocycles. The molecule has 6 nitrogen and oxygen atoms in total. The van der Waals surface area contributed by atoms with Crippen molar-refractivity contribution >= 4 is 11.8 Å². The first-order valence-electron chi connectivity index (χ1n) is 9.14. The molecule has 0 saturated carbocycles. The van der Waals surface area contributed by atoms with E-state index in [9.17, 15) is 9.59 Å². The van der Waals surface area contributed by atoms with Gasteiger partial charge in [0.2, 0.25) is 17.7 Å². The van der Waals surface area contributed by atoms with Crippen LogP contribution in [0.3, 0.4) is 0 Å². The van der Waals surface area contributed by atoms with E-state index in [4.69, 9.17) is 10.2 Å². The predicted molar refractivity (Wildman–Crippen MR) is 106 cm³/mol. The second-order valence-corrected chi connectivity index (χ2v) is 6.58. The molecule has 28 heavy (non-hydrogen) atoms. The summed E-state index contributed by atoms with van der Waals surface area (Å²) in [7, 11) is 0. The van der Waals surface area contributed by atoms with Gasteiger partial charge in [-0.05, 0) is 24.6 Å². The minimum atomic E-state index is -0.435. The van der Waals surface area contributed by atoms with Crippen molar-refractivity contribution in [1.82, 2.24) is 9.88 Å². The number of aryl methyl sites for hydroxylation is 1. The maximum atomic E-state index is 12.9. The lowest BCUT2D eigenvalue weighted by Gasteiger charge is -2.22. The first kappa shape index (κ1) is 19.4. The maximum Gasteiger partial charge on any atom is 0.229 e. The Hall–Kier alpha value is -3.41. The SMILES string of the molecule is Cc1oc(-c2ccccc2)nc1CC(=O)N(CCC(N)=O)Cc1ccccc1. The number of hydrogen-bond donors (Lipinski definition) is 1. The molecule has 3 rings (SSSR count). The topological polar surface area (TPSA) is 89.4 Å². The van der Waals surface area contributed by atoms with E-state index in [2.05, 4.69) is 4.98 Å². The van der Waals surface area contributed by atoms with Crippen LogP contribution in [0, 0.1) is 6.92 Å². The van der Waals surface area contributed by atoms with Crippen molar-refractivity contribution in [3.8, 4) is 11.5 Å². The number of benzene rings is 2. The second-order valence-electron chi connectivity index (χ2n) is 6.58. The third kappa shape index (κ3) is 5.07. The summed E-state index contributed by atoms with van der Waals surface area (Å²) < 4.78 is 5.74. The van der Waals surface area contributed by atoms with Gasteiger partial charge < -0.3 is 15.1 Å². The fourth-order valence-electron chi connectivity index (χ4n) is 2.89. The molecule has 0 aliphatic carbocycles. The molecule has 0 aliphatic rings. The largest absolute Gasteiger partial charge is 0.441 e. The van der Waals surface area contributed by atoms with Crippen molar-refractivity contribution in [3.05, 3.63) is 77.7 Å². The lowest BCUT2D eigenvalue weighted by molar-refractivity contribution is -0.131. The Balaban J connectivity index is 1.75. The number of carbonyl (C=O) groups excluding carboxylic acids is 2. The van der Waals surface area contributed by atoms with Crippen LogP contribution in [0.25, 0.3) is 11.5 Å². The summed E-state index contributed by atoms with van der Waals surface area (Å²) in [5.74, 6) is 0.547. The zero-order valence-corrected chi connectivity index (χ0v) is 15.8. The quantitative estimate of drug-likeness (QED) is 0.653. The van der Waals surface area contributed by atoms with E-state index in [1.54, 1.807) is 11.8 Å². The summed E-state index contributed by atoms with van der Waals surface area (Å²) in [6, 6.07) is 19.2. The van der Waals surface area contributed by atoms with Gasteiger partial charge in [-0.1, -0.05) is 48.5 Å². The summed E-state index contributed by atoms with van der Waals surface area (Å²) in [5, 5.41) is 0. The van der Waals surface area contributed by atoms with E-state index in [0.29, 0.717) is 23.9 Å². The highest BCUT2D eigenvalue weighted by Crippen LogP contribution is 2.22. The van der Waals surface area contributed by atoms with Crippen molar-refractivity contribution in [1.29, 1.82) is 0 Å². The average Bonchev–Trinajstić information content (AvgIpc) is 3.07. The highest BCUT2D eigenvalue weighted by molar-refractivity contribution is 5.80. The van der Waals surface area contributed by atoms with Crippen molar-refractivity contribution < 1.29 is 14.0 Å². The highest BCUT2D eigenvalue weighted by atomic mass is 16.4. The molecule has 1 aromatic heterocycles. The first-order chi connectivity index (χ1) is 13.5. The fraction of sp³-hybridized carbons (Fsp3) is 0.227. The van der Waals surface area contributed by atoms with E-state index < -0.39 is 5.91 Å².